The number of rotatable bonds is 8. The van der Waals surface area contributed by atoms with Crippen molar-refractivity contribution in [3.8, 4) is 11.5 Å². The average molecular weight is 600 g/mol. The van der Waals surface area contributed by atoms with Crippen molar-refractivity contribution in [2.24, 2.45) is 5.10 Å². The highest BCUT2D eigenvalue weighted by Gasteiger charge is 2.32. The van der Waals surface area contributed by atoms with Gasteiger partial charge in [0.05, 0.1) is 36.5 Å². The van der Waals surface area contributed by atoms with E-state index in [9.17, 15) is 14.4 Å². The number of furan rings is 1. The van der Waals surface area contributed by atoms with E-state index in [0.29, 0.717) is 31.9 Å². The number of hydrogen-bond donors (Lipinski definition) is 3. The van der Waals surface area contributed by atoms with E-state index in [0.717, 1.165) is 0 Å². The van der Waals surface area contributed by atoms with E-state index in [4.69, 9.17) is 18.6 Å². The zero-order chi connectivity index (χ0) is 24.8. The third-order valence-electron chi connectivity index (χ3n) is 4.60. The molecule has 11 nitrogen and oxygen atoms in total. The molecule has 0 bridgehead atoms. The molecule has 3 rings (SSSR count). The maximum absolute atomic E-state index is 12.3. The number of allylic oxidation sites excluding steroid dienone is 1. The van der Waals surface area contributed by atoms with Crippen molar-refractivity contribution in [3.05, 3.63) is 56.0 Å². The number of benzene rings is 1. The van der Waals surface area contributed by atoms with Gasteiger partial charge in [0.1, 0.15) is 5.76 Å². The molecule has 1 aromatic heterocycles. The highest BCUT2D eigenvalue weighted by molar-refractivity contribution is 9.13. The SMILES string of the molecule is COC(=O)C1=C(C)NC(=O)N[C@@H]1c1ccc(OCC(=O)N/N=C\c2cc(Br)c(Br)o2)c(OC)c1. The van der Waals surface area contributed by atoms with Crippen molar-refractivity contribution in [3.63, 3.8) is 0 Å². The predicted octanol–water partition coefficient (Wildman–Crippen LogP) is 3.14. The minimum Gasteiger partial charge on any atom is -0.493 e. The highest BCUT2D eigenvalue weighted by atomic mass is 79.9. The topological polar surface area (TPSA) is 140 Å². The minimum absolute atomic E-state index is 0.255. The quantitative estimate of drug-likeness (QED) is 0.240. The van der Waals surface area contributed by atoms with Crippen molar-refractivity contribution >= 4 is 56.0 Å². The Morgan fingerprint density at radius 1 is 1.24 bits per heavy atom. The lowest BCUT2D eigenvalue weighted by Crippen LogP contribution is -2.45. The van der Waals surface area contributed by atoms with Crippen LogP contribution in [-0.2, 0) is 14.3 Å². The molecule has 3 amide bonds. The van der Waals surface area contributed by atoms with Crippen LogP contribution in [0.5, 0.6) is 11.5 Å². The number of carbonyl (C=O) groups is 3. The van der Waals surface area contributed by atoms with E-state index in [-0.39, 0.29) is 17.9 Å². The van der Waals surface area contributed by atoms with Gasteiger partial charge in [-0.25, -0.2) is 15.0 Å². The molecule has 0 fully saturated rings. The normalized spacial score (nSPS) is 15.6. The van der Waals surface area contributed by atoms with Crippen molar-refractivity contribution < 1.29 is 33.0 Å². The predicted molar refractivity (Wildman–Crippen MR) is 127 cm³/mol. The van der Waals surface area contributed by atoms with Crippen molar-refractivity contribution in [1.29, 1.82) is 0 Å². The smallest absolute Gasteiger partial charge is 0.337 e. The summed E-state index contributed by atoms with van der Waals surface area (Å²) in [4.78, 5) is 36.3. The number of esters is 1. The van der Waals surface area contributed by atoms with Gasteiger partial charge in [0.15, 0.2) is 22.8 Å². The second kappa shape index (κ2) is 11.2. The molecule has 1 atom stereocenters. The van der Waals surface area contributed by atoms with E-state index in [1.165, 1.54) is 20.4 Å². The number of hydrogen-bond acceptors (Lipinski definition) is 8. The Balaban J connectivity index is 1.69. The van der Waals surface area contributed by atoms with Crippen LogP contribution in [-0.4, -0.2) is 44.9 Å². The van der Waals surface area contributed by atoms with Crippen molar-refractivity contribution in [2.45, 2.75) is 13.0 Å². The molecule has 0 saturated heterocycles. The van der Waals surface area contributed by atoms with Gasteiger partial charge in [-0.3, -0.25) is 4.79 Å². The maximum atomic E-state index is 12.3. The zero-order valence-corrected chi connectivity index (χ0v) is 21.4. The summed E-state index contributed by atoms with van der Waals surface area (Å²) in [6.07, 6.45) is 1.34. The summed E-state index contributed by atoms with van der Waals surface area (Å²) < 4.78 is 22.3. The van der Waals surface area contributed by atoms with Gasteiger partial charge in [-0.05, 0) is 56.5 Å². The van der Waals surface area contributed by atoms with Crippen molar-refractivity contribution in [2.75, 3.05) is 20.8 Å². The van der Waals surface area contributed by atoms with E-state index < -0.39 is 23.9 Å². The molecule has 13 heteroatoms. The number of carbonyl (C=O) groups excluding carboxylic acids is 3. The fourth-order valence-corrected chi connectivity index (χ4v) is 3.69. The lowest BCUT2D eigenvalue weighted by molar-refractivity contribution is -0.136. The highest BCUT2D eigenvalue weighted by Crippen LogP contribution is 2.34. The van der Waals surface area contributed by atoms with Crippen LogP contribution in [0, 0.1) is 0 Å². The van der Waals surface area contributed by atoms with Crippen LogP contribution >= 0.6 is 31.9 Å². The van der Waals surface area contributed by atoms with Crippen molar-refractivity contribution in [1.82, 2.24) is 16.1 Å². The van der Waals surface area contributed by atoms with Gasteiger partial charge in [-0.1, -0.05) is 6.07 Å². The summed E-state index contributed by atoms with van der Waals surface area (Å²) in [6.45, 7) is 1.27. The Bertz CT molecular complexity index is 1160. The second-order valence-corrected chi connectivity index (χ2v) is 8.40. The molecular formula is C21H20Br2N4O7. The van der Waals surface area contributed by atoms with Gasteiger partial charge in [0, 0.05) is 11.8 Å². The number of nitrogens with zero attached hydrogens (tertiary/aromatic N) is 1. The Labute approximate surface area is 211 Å². The monoisotopic (exact) mass is 598 g/mol. The van der Waals surface area contributed by atoms with Crippen LogP contribution < -0.4 is 25.5 Å². The lowest BCUT2D eigenvalue weighted by atomic mass is 9.95. The Morgan fingerprint density at radius 3 is 2.65 bits per heavy atom. The van der Waals surface area contributed by atoms with Crippen LogP contribution in [0.25, 0.3) is 0 Å². The first-order valence-electron chi connectivity index (χ1n) is 9.67. The molecule has 3 N–H and O–H groups in total. The van der Waals surface area contributed by atoms with Gasteiger partial charge in [-0.15, -0.1) is 0 Å². The molecule has 34 heavy (non-hydrogen) atoms. The Hall–Kier alpha value is -3.32. The molecule has 1 aromatic carbocycles. The Morgan fingerprint density at radius 2 is 2.00 bits per heavy atom. The third kappa shape index (κ3) is 5.97. The summed E-state index contributed by atoms with van der Waals surface area (Å²) in [5.74, 6) is -0.0820. The number of urea groups is 1. The molecule has 1 aliphatic rings. The van der Waals surface area contributed by atoms with Gasteiger partial charge >= 0.3 is 12.0 Å². The second-order valence-electron chi connectivity index (χ2n) is 6.82. The molecule has 0 unspecified atom stereocenters. The molecule has 2 aromatic rings. The summed E-state index contributed by atoms with van der Waals surface area (Å²) in [5, 5.41) is 9.05. The molecule has 180 valence electrons. The molecule has 2 heterocycles. The molecule has 0 radical (unpaired) electrons. The maximum Gasteiger partial charge on any atom is 0.337 e. The molecule has 0 saturated carbocycles. The molecule has 1 aliphatic heterocycles. The number of hydrazone groups is 1. The van der Waals surface area contributed by atoms with Gasteiger partial charge in [0.25, 0.3) is 5.91 Å². The zero-order valence-electron chi connectivity index (χ0n) is 18.2. The summed E-state index contributed by atoms with van der Waals surface area (Å²) in [5.41, 5.74) is 3.52. The number of methoxy groups -OCH3 is 2. The standard InChI is InChI=1S/C21H20Br2N4O7/c1-10-17(20(29)32-3)18(26-21(30)25-10)11-4-5-14(15(6-11)31-2)33-9-16(28)27-24-8-12-7-13(22)19(23)34-12/h4-8,18H,9H2,1-3H3,(H,27,28)(H2,25,26,30)/b24-8-/t18-/m1/s1. The van der Waals surface area contributed by atoms with E-state index in [1.54, 1.807) is 31.2 Å². The summed E-state index contributed by atoms with van der Waals surface area (Å²) in [6, 6.07) is 5.28. The van der Waals surface area contributed by atoms with Crippen LogP contribution in [0.1, 0.15) is 24.3 Å². The minimum atomic E-state index is -0.761. The average Bonchev–Trinajstić information content (AvgIpc) is 3.13. The fourth-order valence-electron chi connectivity index (χ4n) is 3.08. The molecular weight excluding hydrogens is 580 g/mol. The fraction of sp³-hybridized carbons (Fsp3) is 0.238. The van der Waals surface area contributed by atoms with Crippen LogP contribution in [0.2, 0.25) is 0 Å². The van der Waals surface area contributed by atoms with Crippen LogP contribution in [0.3, 0.4) is 0 Å². The van der Waals surface area contributed by atoms with E-state index >= 15 is 0 Å². The van der Waals surface area contributed by atoms with Gasteiger partial charge in [0.2, 0.25) is 0 Å². The largest absolute Gasteiger partial charge is 0.493 e. The molecule has 0 aliphatic carbocycles. The third-order valence-corrected chi connectivity index (χ3v) is 6.31. The first kappa shape index (κ1) is 25.3. The Kier molecular flexibility index (Phi) is 8.34. The van der Waals surface area contributed by atoms with Gasteiger partial charge in [-0.2, -0.15) is 5.10 Å². The van der Waals surface area contributed by atoms with E-state index in [1.807, 2.05) is 0 Å². The first-order chi connectivity index (χ1) is 16.2. The van der Waals surface area contributed by atoms with E-state index in [2.05, 4.69) is 53.0 Å². The number of ether oxygens (including phenoxy) is 3. The van der Waals surface area contributed by atoms with Crippen LogP contribution in [0.15, 0.2) is 54.2 Å². The van der Waals surface area contributed by atoms with Crippen LogP contribution in [0.4, 0.5) is 4.79 Å². The number of nitrogens with one attached hydrogen (secondary N) is 3. The van der Waals surface area contributed by atoms with Gasteiger partial charge < -0.3 is 29.3 Å². The number of halogens is 2. The first-order valence-corrected chi connectivity index (χ1v) is 11.3. The lowest BCUT2D eigenvalue weighted by Gasteiger charge is -2.28. The molecule has 0 spiro atoms. The number of amides is 3. The summed E-state index contributed by atoms with van der Waals surface area (Å²) >= 11 is 6.49. The summed E-state index contributed by atoms with van der Waals surface area (Å²) in [7, 11) is 2.69.